The van der Waals surface area contributed by atoms with Crippen LogP contribution in [0.15, 0.2) is 47.8 Å². The molecule has 0 spiro atoms. The summed E-state index contributed by atoms with van der Waals surface area (Å²) in [5, 5.41) is 8.83. The molecule has 9 heteroatoms. The minimum atomic E-state index is -0.227. The van der Waals surface area contributed by atoms with Gasteiger partial charge in [0.15, 0.2) is 0 Å². The van der Waals surface area contributed by atoms with Crippen molar-refractivity contribution < 1.29 is 9.59 Å². The number of hydrogen-bond acceptors (Lipinski definition) is 6. The molecule has 0 saturated carbocycles. The molecule has 8 nitrogen and oxygen atoms in total. The zero-order valence-corrected chi connectivity index (χ0v) is 23.4. The van der Waals surface area contributed by atoms with Gasteiger partial charge in [-0.1, -0.05) is 44.2 Å². The van der Waals surface area contributed by atoms with Gasteiger partial charge in [-0.05, 0) is 50.7 Å². The monoisotopic (exact) mass is 540 g/mol. The number of aromatic amines is 1. The Morgan fingerprint density at radius 3 is 2.56 bits per heavy atom. The van der Waals surface area contributed by atoms with Crippen LogP contribution in [0.1, 0.15) is 46.9 Å². The van der Waals surface area contributed by atoms with Crippen molar-refractivity contribution in [1.82, 2.24) is 25.2 Å². The number of anilines is 1. The number of benzene rings is 1. The molecule has 5 rings (SSSR count). The summed E-state index contributed by atoms with van der Waals surface area (Å²) in [5.41, 5.74) is 7.07. The molecule has 3 N–H and O–H groups in total. The Morgan fingerprint density at radius 1 is 1.05 bits per heavy atom. The van der Waals surface area contributed by atoms with E-state index in [1.54, 1.807) is 17.4 Å². The van der Waals surface area contributed by atoms with Crippen molar-refractivity contribution in [3.8, 4) is 22.0 Å². The number of amides is 2. The average molecular weight is 541 g/mol. The van der Waals surface area contributed by atoms with Crippen molar-refractivity contribution in [3.05, 3.63) is 76.1 Å². The number of carbonyl (C=O) groups excluding carboxylic acids is 2. The maximum atomic E-state index is 13.0. The number of rotatable bonds is 9. The summed E-state index contributed by atoms with van der Waals surface area (Å²) in [6, 6.07) is 13.8. The number of aromatic nitrogens is 3. The maximum Gasteiger partial charge on any atom is 0.258 e. The van der Waals surface area contributed by atoms with Crippen molar-refractivity contribution in [2.75, 3.05) is 31.5 Å². The van der Waals surface area contributed by atoms with Crippen LogP contribution in [-0.2, 0) is 4.79 Å². The first-order valence-electron chi connectivity index (χ1n) is 13.1. The molecule has 0 radical (unpaired) electrons. The fourth-order valence-corrected chi connectivity index (χ4v) is 5.62. The van der Waals surface area contributed by atoms with Crippen LogP contribution in [0.5, 0.6) is 0 Å². The highest BCUT2D eigenvalue weighted by Gasteiger charge is 2.28. The molecule has 0 saturated heterocycles. The number of aryl methyl sites for hydroxylation is 1. The first-order valence-corrected chi connectivity index (χ1v) is 14.0. The number of pyridine rings is 1. The van der Waals surface area contributed by atoms with Crippen molar-refractivity contribution in [1.29, 1.82) is 0 Å². The summed E-state index contributed by atoms with van der Waals surface area (Å²) in [6.07, 6.45) is 1.78. The lowest BCUT2D eigenvalue weighted by Gasteiger charge is -2.18. The molecule has 4 heterocycles. The Labute approximate surface area is 232 Å². The second-order valence-electron chi connectivity index (χ2n) is 9.46. The molecular weight excluding hydrogens is 508 g/mol. The zero-order chi connectivity index (χ0) is 27.5. The first-order chi connectivity index (χ1) is 18.9. The topological polar surface area (TPSA) is 103 Å². The Bertz CT molecular complexity index is 1550. The Morgan fingerprint density at radius 2 is 1.82 bits per heavy atom. The van der Waals surface area contributed by atoms with E-state index < -0.39 is 0 Å². The van der Waals surface area contributed by atoms with Crippen molar-refractivity contribution in [2.24, 2.45) is 0 Å². The number of fused-ring (bicyclic) bond motifs is 1. The molecular formula is C30H32N6O2S. The standard InChI is InChI=1S/C30H32N6O2S/c1-5-36(6-2)15-14-31-29(38)26-18(3)24(32-19(26)4)16-21-27-23(34-28(21)37)13-12-22(33-27)25-17-39-30(35-25)20-10-8-7-9-11-20/h7-13,16-17,32H,5-6,14-15H2,1-4H3,(H,31,38)(H,34,37). The van der Waals surface area contributed by atoms with Crippen molar-refractivity contribution in [3.63, 3.8) is 0 Å². The molecule has 0 bridgehead atoms. The summed E-state index contributed by atoms with van der Waals surface area (Å²) in [4.78, 5) is 41.1. The fraction of sp³-hybridized carbons (Fsp3) is 0.267. The molecule has 3 aromatic heterocycles. The quantitative estimate of drug-likeness (QED) is 0.247. The fourth-order valence-electron chi connectivity index (χ4n) is 4.80. The van der Waals surface area contributed by atoms with E-state index >= 15 is 0 Å². The summed E-state index contributed by atoms with van der Waals surface area (Å²) in [5.74, 6) is -0.345. The summed E-state index contributed by atoms with van der Waals surface area (Å²) < 4.78 is 0. The van der Waals surface area contributed by atoms with Crippen LogP contribution in [0.4, 0.5) is 5.69 Å². The van der Waals surface area contributed by atoms with E-state index in [1.165, 1.54) is 0 Å². The molecule has 0 fully saturated rings. The van der Waals surface area contributed by atoms with E-state index in [9.17, 15) is 9.59 Å². The number of H-pyrrole nitrogens is 1. The van der Waals surface area contributed by atoms with Gasteiger partial charge in [0.2, 0.25) is 0 Å². The van der Waals surface area contributed by atoms with Gasteiger partial charge < -0.3 is 20.5 Å². The van der Waals surface area contributed by atoms with Crippen molar-refractivity contribution in [2.45, 2.75) is 27.7 Å². The van der Waals surface area contributed by atoms with Crippen LogP contribution < -0.4 is 10.6 Å². The van der Waals surface area contributed by atoms with Gasteiger partial charge >= 0.3 is 0 Å². The van der Waals surface area contributed by atoms with Gasteiger partial charge in [-0.25, -0.2) is 9.97 Å². The summed E-state index contributed by atoms with van der Waals surface area (Å²) in [7, 11) is 0. The van der Waals surface area contributed by atoms with E-state index in [1.807, 2.05) is 61.7 Å². The van der Waals surface area contributed by atoms with Crippen molar-refractivity contribution >= 4 is 40.5 Å². The molecule has 1 aliphatic rings. The number of carbonyl (C=O) groups is 2. The highest BCUT2D eigenvalue weighted by molar-refractivity contribution is 7.13. The molecule has 39 heavy (non-hydrogen) atoms. The van der Waals surface area contributed by atoms with Crippen LogP contribution >= 0.6 is 11.3 Å². The molecule has 1 aliphatic heterocycles. The molecule has 0 unspecified atom stereocenters. The third-order valence-corrected chi connectivity index (χ3v) is 7.92. The Hall–Kier alpha value is -4.08. The van der Waals surface area contributed by atoms with Gasteiger partial charge in [0.25, 0.3) is 11.8 Å². The normalized spacial score (nSPS) is 13.7. The van der Waals surface area contributed by atoms with Gasteiger partial charge in [0.1, 0.15) is 16.4 Å². The predicted octanol–water partition coefficient (Wildman–Crippen LogP) is 5.38. The van der Waals surface area contributed by atoms with E-state index in [0.717, 1.165) is 47.2 Å². The number of thiazole rings is 1. The first kappa shape index (κ1) is 26.5. The molecule has 200 valence electrons. The largest absolute Gasteiger partial charge is 0.358 e. The molecule has 4 aromatic rings. The number of nitrogens with zero attached hydrogens (tertiary/aromatic N) is 3. The Kier molecular flexibility index (Phi) is 7.72. The van der Waals surface area contributed by atoms with Gasteiger partial charge in [-0.2, -0.15) is 0 Å². The van der Waals surface area contributed by atoms with Crippen LogP contribution in [0.2, 0.25) is 0 Å². The van der Waals surface area contributed by atoms with E-state index in [-0.39, 0.29) is 11.8 Å². The van der Waals surface area contributed by atoms with Crippen LogP contribution in [0, 0.1) is 13.8 Å². The highest BCUT2D eigenvalue weighted by Crippen LogP contribution is 2.35. The van der Waals surface area contributed by atoms with Crippen LogP contribution in [0.3, 0.4) is 0 Å². The van der Waals surface area contributed by atoms with E-state index in [4.69, 9.17) is 9.97 Å². The maximum absolute atomic E-state index is 13.0. The molecule has 1 aromatic carbocycles. The molecule has 2 amide bonds. The lowest BCUT2D eigenvalue weighted by molar-refractivity contribution is -0.110. The number of hydrogen-bond donors (Lipinski definition) is 3. The Balaban J connectivity index is 1.41. The third-order valence-electron chi connectivity index (χ3n) is 7.03. The third kappa shape index (κ3) is 5.41. The minimum Gasteiger partial charge on any atom is -0.358 e. The second-order valence-corrected chi connectivity index (χ2v) is 10.3. The van der Waals surface area contributed by atoms with Crippen LogP contribution in [-0.4, -0.2) is 57.8 Å². The summed E-state index contributed by atoms with van der Waals surface area (Å²) in [6.45, 7) is 11.3. The van der Waals surface area contributed by atoms with E-state index in [2.05, 4.69) is 34.4 Å². The second kappa shape index (κ2) is 11.3. The predicted molar refractivity (Wildman–Crippen MR) is 158 cm³/mol. The average Bonchev–Trinajstić information content (AvgIpc) is 3.63. The zero-order valence-electron chi connectivity index (χ0n) is 22.6. The minimum absolute atomic E-state index is 0.118. The van der Waals surface area contributed by atoms with Gasteiger partial charge in [0.05, 0.1) is 22.5 Å². The van der Waals surface area contributed by atoms with Gasteiger partial charge in [-0.3, -0.25) is 9.59 Å². The van der Waals surface area contributed by atoms with Gasteiger partial charge in [0, 0.05) is 35.4 Å². The summed E-state index contributed by atoms with van der Waals surface area (Å²) >= 11 is 1.56. The smallest absolute Gasteiger partial charge is 0.258 e. The SMILES string of the molecule is CCN(CC)CCNC(=O)c1c(C)[nH]c(C=C2C(=O)Nc3ccc(-c4csc(-c5ccccc5)n4)nc32)c1C. The lowest BCUT2D eigenvalue weighted by atomic mass is 10.1. The highest BCUT2D eigenvalue weighted by atomic mass is 32.1. The number of nitrogens with one attached hydrogen (secondary N) is 3. The lowest BCUT2D eigenvalue weighted by Crippen LogP contribution is -2.35. The number of likely N-dealkylation sites (N-methyl/N-ethyl adjacent to an activating group) is 1. The van der Waals surface area contributed by atoms with Crippen LogP contribution in [0.25, 0.3) is 33.6 Å². The molecule has 0 aliphatic carbocycles. The molecule has 0 atom stereocenters. The van der Waals surface area contributed by atoms with E-state index in [0.29, 0.717) is 40.5 Å². The van der Waals surface area contributed by atoms with Gasteiger partial charge in [-0.15, -0.1) is 11.3 Å².